The summed E-state index contributed by atoms with van der Waals surface area (Å²) in [5.41, 5.74) is 4.94. The summed E-state index contributed by atoms with van der Waals surface area (Å²) >= 11 is 0. The Morgan fingerprint density at radius 2 is 1.29 bits per heavy atom. The van der Waals surface area contributed by atoms with E-state index < -0.39 is 0 Å². The molecule has 0 amide bonds. The van der Waals surface area contributed by atoms with Crippen molar-refractivity contribution >= 4 is 0 Å². The lowest BCUT2D eigenvalue weighted by molar-refractivity contribution is 0.0285. The van der Waals surface area contributed by atoms with Crippen molar-refractivity contribution < 1.29 is 23.7 Å². The number of piperidine rings is 1. The van der Waals surface area contributed by atoms with Crippen LogP contribution in [0.3, 0.4) is 0 Å². The molecule has 6 heterocycles. The number of aromatic nitrogens is 2. The molecule has 4 aliphatic heterocycles. The van der Waals surface area contributed by atoms with Gasteiger partial charge in [-0.1, -0.05) is 48.5 Å². The van der Waals surface area contributed by atoms with Gasteiger partial charge in [0.2, 0.25) is 0 Å². The molecule has 1 unspecified atom stereocenters. The van der Waals surface area contributed by atoms with Crippen molar-refractivity contribution in [3.63, 3.8) is 0 Å². The van der Waals surface area contributed by atoms with Crippen molar-refractivity contribution in [3.8, 4) is 23.3 Å². The summed E-state index contributed by atoms with van der Waals surface area (Å²) in [6.07, 6.45) is 8.65. The van der Waals surface area contributed by atoms with Crippen LogP contribution in [0.25, 0.3) is 0 Å². The number of hydrogen-bond donors (Lipinski definition) is 1. The number of nitrogens with one attached hydrogen (secondary N) is 1. The zero-order valence-electron chi connectivity index (χ0n) is 30.8. The van der Waals surface area contributed by atoms with Gasteiger partial charge in [0, 0.05) is 51.2 Å². The van der Waals surface area contributed by atoms with Gasteiger partial charge in [0.05, 0.1) is 6.10 Å². The lowest BCUT2D eigenvalue weighted by atomic mass is 10.0. The van der Waals surface area contributed by atoms with E-state index in [9.17, 15) is 0 Å². The van der Waals surface area contributed by atoms with E-state index in [2.05, 4.69) is 87.5 Å². The van der Waals surface area contributed by atoms with E-state index in [4.69, 9.17) is 23.7 Å². The van der Waals surface area contributed by atoms with Gasteiger partial charge >= 0.3 is 0 Å². The maximum atomic E-state index is 5.99. The molecule has 0 saturated carbocycles. The molecule has 4 aromatic rings. The van der Waals surface area contributed by atoms with Crippen LogP contribution in [-0.2, 0) is 17.8 Å². The number of rotatable bonds is 10. The highest BCUT2D eigenvalue weighted by Crippen LogP contribution is 2.35. The van der Waals surface area contributed by atoms with E-state index in [0.717, 1.165) is 49.6 Å². The van der Waals surface area contributed by atoms with Gasteiger partial charge in [-0.05, 0) is 106 Å². The summed E-state index contributed by atoms with van der Waals surface area (Å²) in [5.74, 6) is 2.58. The van der Waals surface area contributed by atoms with Crippen molar-refractivity contribution in [2.45, 2.75) is 76.5 Å². The minimum Gasteiger partial charge on any atom is -0.484 e. The lowest BCUT2D eigenvalue weighted by Gasteiger charge is -2.32. The molecule has 2 saturated heterocycles. The molecule has 10 heteroatoms. The molecule has 0 aliphatic carbocycles. The Kier molecular flexibility index (Phi) is 11.9. The van der Waals surface area contributed by atoms with Crippen LogP contribution in [0, 0.1) is 0 Å². The smallest absolute Gasteiger partial charge is 0.257 e. The third-order valence-corrected chi connectivity index (χ3v) is 10.3. The van der Waals surface area contributed by atoms with Crippen molar-refractivity contribution in [3.05, 3.63) is 107 Å². The van der Waals surface area contributed by atoms with Gasteiger partial charge in [-0.2, -0.15) is 0 Å². The molecule has 52 heavy (non-hydrogen) atoms. The molecule has 2 fully saturated rings. The van der Waals surface area contributed by atoms with Gasteiger partial charge in [0.15, 0.2) is 23.7 Å². The Morgan fingerprint density at radius 1 is 0.731 bits per heavy atom. The predicted molar refractivity (Wildman–Crippen MR) is 201 cm³/mol. The Hall–Kier alpha value is -4.22. The molecule has 4 aliphatic rings. The van der Waals surface area contributed by atoms with E-state index in [0.29, 0.717) is 36.8 Å². The Bertz CT molecular complexity index is 1710. The molecule has 2 aromatic heterocycles. The van der Waals surface area contributed by atoms with Gasteiger partial charge in [-0.15, -0.1) is 0 Å². The van der Waals surface area contributed by atoms with Gasteiger partial charge in [0.25, 0.3) is 11.8 Å². The van der Waals surface area contributed by atoms with Gasteiger partial charge in [-0.3, -0.25) is 4.90 Å². The summed E-state index contributed by atoms with van der Waals surface area (Å²) in [7, 11) is 1.81. The third-order valence-electron chi connectivity index (χ3n) is 10.3. The number of pyridine rings is 2. The SMILES string of the molecule is CC(C)(CN1CCCC1)NCc1ccc([C@H]2COc3cccnc3O2)cc1.COC1CCCN(Cc2ccc([C@H]3COc4cccnc4O3)cc2)C1. The molecule has 276 valence electrons. The topological polar surface area (TPSA) is 90.4 Å². The van der Waals surface area contributed by atoms with Gasteiger partial charge < -0.3 is 33.9 Å². The maximum absolute atomic E-state index is 5.99. The number of ether oxygens (including phenoxy) is 5. The molecule has 0 spiro atoms. The molecule has 8 rings (SSSR count). The van der Waals surface area contributed by atoms with Crippen LogP contribution < -0.4 is 24.3 Å². The summed E-state index contributed by atoms with van der Waals surface area (Å²) in [4.78, 5) is 13.5. The molecule has 0 radical (unpaired) electrons. The van der Waals surface area contributed by atoms with Crippen molar-refractivity contribution in [1.29, 1.82) is 0 Å². The van der Waals surface area contributed by atoms with Crippen LogP contribution in [-0.4, -0.2) is 84.5 Å². The van der Waals surface area contributed by atoms with E-state index in [1.807, 2.05) is 31.4 Å². The quantitative estimate of drug-likeness (QED) is 0.191. The van der Waals surface area contributed by atoms with Crippen molar-refractivity contribution in [2.75, 3.05) is 53.0 Å². The highest BCUT2D eigenvalue weighted by molar-refractivity contribution is 5.37. The second kappa shape index (κ2) is 17.1. The Morgan fingerprint density at radius 3 is 1.87 bits per heavy atom. The second-order valence-electron chi connectivity index (χ2n) is 14.9. The van der Waals surface area contributed by atoms with Crippen LogP contribution in [0.2, 0.25) is 0 Å². The molecule has 0 bridgehead atoms. The first-order valence-corrected chi connectivity index (χ1v) is 18.8. The fraction of sp³-hybridized carbons (Fsp3) is 0.476. The first kappa shape index (κ1) is 36.2. The number of likely N-dealkylation sites (tertiary alicyclic amines) is 2. The van der Waals surface area contributed by atoms with Gasteiger partial charge in [-0.25, -0.2) is 9.97 Å². The third kappa shape index (κ3) is 9.60. The molecule has 1 N–H and O–H groups in total. The van der Waals surface area contributed by atoms with Crippen molar-refractivity contribution in [1.82, 2.24) is 25.1 Å². The van der Waals surface area contributed by atoms with Crippen LogP contribution >= 0.6 is 0 Å². The van der Waals surface area contributed by atoms with Gasteiger partial charge in [0.1, 0.15) is 13.2 Å². The molecular formula is C42H53N5O5. The van der Waals surface area contributed by atoms with Crippen LogP contribution in [0.4, 0.5) is 0 Å². The zero-order valence-corrected chi connectivity index (χ0v) is 30.8. The highest BCUT2D eigenvalue weighted by atomic mass is 16.6. The summed E-state index contributed by atoms with van der Waals surface area (Å²) < 4.78 is 29.0. The van der Waals surface area contributed by atoms with E-state index in [1.54, 1.807) is 12.4 Å². The predicted octanol–water partition coefficient (Wildman–Crippen LogP) is 6.76. The lowest BCUT2D eigenvalue weighted by Crippen LogP contribution is -2.48. The fourth-order valence-electron chi connectivity index (χ4n) is 7.34. The number of fused-ring (bicyclic) bond motifs is 2. The minimum absolute atomic E-state index is 0.107. The molecular weight excluding hydrogens is 654 g/mol. The second-order valence-corrected chi connectivity index (χ2v) is 14.9. The normalized spacial score (nSPS) is 21.6. The zero-order chi connectivity index (χ0) is 35.8. The highest BCUT2D eigenvalue weighted by Gasteiger charge is 2.26. The molecule has 10 nitrogen and oxygen atoms in total. The average Bonchev–Trinajstić information content (AvgIpc) is 3.70. The first-order chi connectivity index (χ1) is 25.4. The van der Waals surface area contributed by atoms with Crippen molar-refractivity contribution in [2.24, 2.45) is 0 Å². The monoisotopic (exact) mass is 707 g/mol. The molecule has 2 aromatic carbocycles. The summed E-state index contributed by atoms with van der Waals surface area (Å²) in [5, 5.41) is 3.71. The number of nitrogens with zero attached hydrogens (tertiary/aromatic N) is 4. The Labute approximate surface area is 308 Å². The summed E-state index contributed by atoms with van der Waals surface area (Å²) in [6.45, 7) is 13.2. The minimum atomic E-state index is -0.110. The summed E-state index contributed by atoms with van der Waals surface area (Å²) in [6, 6.07) is 24.7. The van der Waals surface area contributed by atoms with Crippen LogP contribution in [0.5, 0.6) is 23.3 Å². The van der Waals surface area contributed by atoms with E-state index >= 15 is 0 Å². The number of benzene rings is 2. The first-order valence-electron chi connectivity index (χ1n) is 18.8. The average molecular weight is 708 g/mol. The van der Waals surface area contributed by atoms with Crippen LogP contribution in [0.15, 0.2) is 85.2 Å². The van der Waals surface area contributed by atoms with E-state index in [1.165, 1.54) is 49.9 Å². The van der Waals surface area contributed by atoms with E-state index in [-0.39, 0.29) is 17.7 Å². The molecule has 3 atom stereocenters. The number of hydrogen-bond acceptors (Lipinski definition) is 10. The fourth-order valence-corrected chi connectivity index (χ4v) is 7.34. The van der Waals surface area contributed by atoms with Crippen LogP contribution in [0.1, 0.15) is 74.0 Å². The maximum Gasteiger partial charge on any atom is 0.257 e. The Balaban J connectivity index is 0.000000162. The number of methoxy groups -OCH3 is 1. The largest absolute Gasteiger partial charge is 0.484 e. The standard InChI is InChI=1S/C22H29N3O2.C20H24N2O3/c1-22(2,16-25-12-3-4-13-25)24-14-17-7-9-18(10-8-17)20-15-26-19-6-5-11-23-21(19)27-20;1-23-17-4-3-11-22(13-17)12-15-6-8-16(9-7-15)19-14-24-18-5-2-10-21-20(18)25-19/h5-11,20,24H,3-4,12-16H2,1-2H3;2,5-10,17,19H,3-4,11-14H2,1H3/t20-;17?,19-/m11/s1.